The number of carbonyl (C=O) groups is 2. The highest BCUT2D eigenvalue weighted by Gasteiger charge is 2.15. The van der Waals surface area contributed by atoms with Gasteiger partial charge >= 0.3 is 6.03 Å². The molecule has 18 heavy (non-hydrogen) atoms. The van der Waals surface area contributed by atoms with Crippen molar-refractivity contribution < 1.29 is 14.0 Å². The van der Waals surface area contributed by atoms with E-state index < -0.39 is 18.0 Å². The van der Waals surface area contributed by atoms with Crippen LogP contribution in [0.4, 0.5) is 14.9 Å². The van der Waals surface area contributed by atoms with Gasteiger partial charge in [0.25, 0.3) is 0 Å². The Morgan fingerprint density at radius 1 is 1.33 bits per heavy atom. The first-order valence-electron chi connectivity index (χ1n) is 5.49. The van der Waals surface area contributed by atoms with Gasteiger partial charge in [-0.1, -0.05) is 6.07 Å². The van der Waals surface area contributed by atoms with Crippen molar-refractivity contribution in [3.05, 3.63) is 29.6 Å². The summed E-state index contributed by atoms with van der Waals surface area (Å²) in [7, 11) is 1.41. The van der Waals surface area contributed by atoms with Crippen LogP contribution >= 0.6 is 0 Å². The monoisotopic (exact) mass is 253 g/mol. The van der Waals surface area contributed by atoms with Crippen LogP contribution in [-0.2, 0) is 4.79 Å². The predicted molar refractivity (Wildman–Crippen MR) is 66.8 cm³/mol. The van der Waals surface area contributed by atoms with Gasteiger partial charge in [0.15, 0.2) is 0 Å². The summed E-state index contributed by atoms with van der Waals surface area (Å²) < 4.78 is 13.1. The molecule has 0 fully saturated rings. The smallest absolute Gasteiger partial charge is 0.321 e. The fourth-order valence-corrected chi connectivity index (χ4v) is 1.33. The molecule has 0 saturated heterocycles. The largest absolute Gasteiger partial charge is 0.374 e. The van der Waals surface area contributed by atoms with E-state index in [2.05, 4.69) is 16.0 Å². The highest BCUT2D eigenvalue weighted by Crippen LogP contribution is 2.16. The first-order chi connectivity index (χ1) is 8.43. The summed E-state index contributed by atoms with van der Waals surface area (Å²) in [6.45, 7) is 3.38. The molecule has 1 atom stereocenters. The summed E-state index contributed by atoms with van der Waals surface area (Å²) >= 11 is 0. The third kappa shape index (κ3) is 3.73. The van der Waals surface area contributed by atoms with Gasteiger partial charge in [-0.2, -0.15) is 0 Å². The average Bonchev–Trinajstić information content (AvgIpc) is 2.33. The van der Waals surface area contributed by atoms with Gasteiger partial charge in [0.1, 0.15) is 11.9 Å². The first-order valence-corrected chi connectivity index (χ1v) is 5.49. The average molecular weight is 253 g/mol. The minimum atomic E-state index is -0.650. The molecule has 5 nitrogen and oxygen atoms in total. The van der Waals surface area contributed by atoms with E-state index in [9.17, 15) is 14.0 Å². The van der Waals surface area contributed by atoms with Crippen molar-refractivity contribution >= 4 is 17.6 Å². The Bertz CT molecular complexity index is 463. The lowest BCUT2D eigenvalue weighted by Crippen LogP contribution is -2.44. The second-order valence-corrected chi connectivity index (χ2v) is 3.89. The molecule has 1 aromatic rings. The Hall–Kier alpha value is -2.11. The van der Waals surface area contributed by atoms with Gasteiger partial charge in [-0.15, -0.1) is 0 Å². The van der Waals surface area contributed by atoms with Crippen LogP contribution in [-0.4, -0.2) is 25.0 Å². The third-order valence-electron chi connectivity index (χ3n) is 2.43. The summed E-state index contributed by atoms with van der Waals surface area (Å²) in [5.74, 6) is -0.875. The minimum absolute atomic E-state index is 0.387. The lowest BCUT2D eigenvalue weighted by atomic mass is 10.1. The normalized spacial score (nSPS) is 11.6. The van der Waals surface area contributed by atoms with Crippen molar-refractivity contribution in [1.29, 1.82) is 0 Å². The van der Waals surface area contributed by atoms with Crippen LogP contribution in [0.1, 0.15) is 12.5 Å². The molecule has 0 spiro atoms. The van der Waals surface area contributed by atoms with Crippen molar-refractivity contribution in [3.8, 4) is 0 Å². The summed E-state index contributed by atoms with van der Waals surface area (Å²) in [4.78, 5) is 22.6. The molecule has 0 aliphatic rings. The van der Waals surface area contributed by atoms with E-state index >= 15 is 0 Å². The molecule has 0 aromatic heterocycles. The SMILES string of the molecule is CNC(=O)NC(=O)C(C)Nc1cc(F)ccc1C. The second kappa shape index (κ2) is 6.00. The standard InChI is InChI=1S/C12H16FN3O2/c1-7-4-5-9(13)6-10(7)15-8(2)11(17)16-12(18)14-3/h4-6,8,15H,1-3H3,(H2,14,16,17,18). The van der Waals surface area contributed by atoms with Crippen molar-refractivity contribution in [1.82, 2.24) is 10.6 Å². The number of aryl methyl sites for hydroxylation is 1. The molecule has 3 N–H and O–H groups in total. The zero-order chi connectivity index (χ0) is 13.7. The summed E-state index contributed by atoms with van der Waals surface area (Å²) in [6, 6.07) is 3.03. The van der Waals surface area contributed by atoms with E-state index in [4.69, 9.17) is 0 Å². The lowest BCUT2D eigenvalue weighted by molar-refractivity contribution is -0.120. The van der Waals surface area contributed by atoms with Crippen LogP contribution in [0.5, 0.6) is 0 Å². The number of urea groups is 1. The zero-order valence-corrected chi connectivity index (χ0v) is 10.5. The van der Waals surface area contributed by atoms with Gasteiger partial charge in [0, 0.05) is 12.7 Å². The third-order valence-corrected chi connectivity index (χ3v) is 2.43. The van der Waals surface area contributed by atoms with Crippen LogP contribution in [0.3, 0.4) is 0 Å². The summed E-state index contributed by atoms with van der Waals surface area (Å²) in [6.07, 6.45) is 0. The number of benzene rings is 1. The van der Waals surface area contributed by atoms with E-state index in [0.717, 1.165) is 5.56 Å². The number of carbonyl (C=O) groups excluding carboxylic acids is 2. The van der Waals surface area contributed by atoms with Gasteiger partial charge in [-0.25, -0.2) is 9.18 Å². The van der Waals surface area contributed by atoms with Crippen LogP contribution in [0.2, 0.25) is 0 Å². The second-order valence-electron chi connectivity index (χ2n) is 3.89. The maximum absolute atomic E-state index is 13.1. The van der Waals surface area contributed by atoms with E-state index in [1.54, 1.807) is 19.9 Å². The van der Waals surface area contributed by atoms with Crippen molar-refractivity contribution in [2.24, 2.45) is 0 Å². The van der Waals surface area contributed by atoms with E-state index in [0.29, 0.717) is 5.69 Å². The molecule has 1 rings (SSSR count). The number of nitrogens with one attached hydrogen (secondary N) is 3. The Labute approximate surface area is 105 Å². The fourth-order valence-electron chi connectivity index (χ4n) is 1.33. The molecular formula is C12H16FN3O2. The maximum atomic E-state index is 13.1. The highest BCUT2D eigenvalue weighted by atomic mass is 19.1. The van der Waals surface area contributed by atoms with Gasteiger partial charge in [-0.05, 0) is 31.5 Å². The molecule has 0 aliphatic carbocycles. The molecule has 98 valence electrons. The van der Waals surface area contributed by atoms with Crippen molar-refractivity contribution in [3.63, 3.8) is 0 Å². The fraction of sp³-hybridized carbons (Fsp3) is 0.333. The van der Waals surface area contributed by atoms with Gasteiger partial charge in [0.05, 0.1) is 0 Å². The molecule has 0 aliphatic heterocycles. The molecule has 0 bridgehead atoms. The van der Waals surface area contributed by atoms with Crippen molar-refractivity contribution in [2.75, 3.05) is 12.4 Å². The Morgan fingerprint density at radius 2 is 2.00 bits per heavy atom. The number of hydrogen-bond donors (Lipinski definition) is 3. The molecule has 3 amide bonds. The molecule has 0 radical (unpaired) electrons. The lowest BCUT2D eigenvalue weighted by Gasteiger charge is -2.16. The molecule has 1 aromatic carbocycles. The van der Waals surface area contributed by atoms with Crippen LogP contribution in [0.25, 0.3) is 0 Å². The minimum Gasteiger partial charge on any atom is -0.374 e. The van der Waals surface area contributed by atoms with Gasteiger partial charge in [-0.3, -0.25) is 10.1 Å². The zero-order valence-electron chi connectivity index (χ0n) is 10.5. The molecule has 1 unspecified atom stereocenters. The Kier molecular flexibility index (Phi) is 4.65. The summed E-state index contributed by atoms with van der Waals surface area (Å²) in [5.41, 5.74) is 1.34. The number of amides is 3. The summed E-state index contributed by atoms with van der Waals surface area (Å²) in [5, 5.41) is 7.26. The Balaban J connectivity index is 2.69. The maximum Gasteiger partial charge on any atom is 0.321 e. The van der Waals surface area contributed by atoms with Crippen LogP contribution < -0.4 is 16.0 Å². The number of halogens is 1. The molecular weight excluding hydrogens is 237 g/mol. The number of hydrogen-bond acceptors (Lipinski definition) is 3. The van der Waals surface area contributed by atoms with Gasteiger partial charge in [0.2, 0.25) is 5.91 Å². The molecule has 6 heteroatoms. The van der Waals surface area contributed by atoms with Crippen LogP contribution in [0.15, 0.2) is 18.2 Å². The number of anilines is 1. The molecule has 0 saturated carbocycles. The topological polar surface area (TPSA) is 70.2 Å². The van der Waals surface area contributed by atoms with E-state index in [-0.39, 0.29) is 5.82 Å². The van der Waals surface area contributed by atoms with Gasteiger partial charge < -0.3 is 10.6 Å². The van der Waals surface area contributed by atoms with E-state index in [1.165, 1.54) is 19.2 Å². The quantitative estimate of drug-likeness (QED) is 0.762. The van der Waals surface area contributed by atoms with Crippen LogP contribution in [0, 0.1) is 12.7 Å². The molecule has 0 heterocycles. The number of imide groups is 1. The highest BCUT2D eigenvalue weighted by molar-refractivity contribution is 5.97. The predicted octanol–water partition coefficient (Wildman–Crippen LogP) is 1.39. The first kappa shape index (κ1) is 14.0. The van der Waals surface area contributed by atoms with Crippen molar-refractivity contribution in [2.45, 2.75) is 19.9 Å². The Morgan fingerprint density at radius 3 is 2.61 bits per heavy atom. The van der Waals surface area contributed by atoms with E-state index in [1.807, 2.05) is 0 Å². The number of rotatable bonds is 3.